The van der Waals surface area contributed by atoms with E-state index in [9.17, 15) is 4.79 Å². The summed E-state index contributed by atoms with van der Waals surface area (Å²) in [6, 6.07) is 16.2. The van der Waals surface area contributed by atoms with E-state index in [0.29, 0.717) is 16.9 Å². The zero-order chi connectivity index (χ0) is 16.5. The second kappa shape index (κ2) is 5.48. The molecule has 0 bridgehead atoms. The molecular formula is C18H11N5O. The minimum absolute atomic E-state index is 0.231. The van der Waals surface area contributed by atoms with Crippen molar-refractivity contribution in [1.82, 2.24) is 19.6 Å². The van der Waals surface area contributed by atoms with Crippen LogP contribution in [0.4, 0.5) is 0 Å². The van der Waals surface area contributed by atoms with E-state index in [1.807, 2.05) is 18.2 Å². The highest BCUT2D eigenvalue weighted by Crippen LogP contribution is 2.23. The second-order valence-corrected chi connectivity index (χ2v) is 5.24. The molecule has 4 aromatic rings. The van der Waals surface area contributed by atoms with Crippen LogP contribution in [-0.2, 0) is 0 Å². The second-order valence-electron chi connectivity index (χ2n) is 5.24. The third kappa shape index (κ3) is 2.25. The van der Waals surface area contributed by atoms with E-state index in [4.69, 9.17) is 5.26 Å². The SMILES string of the molecule is N#Cc1ccc(-c2cc(=O)n3ncc(-c4ccccn4)c3[nH]2)cc1. The Morgan fingerprint density at radius 1 is 1.12 bits per heavy atom. The molecule has 3 aromatic heterocycles. The van der Waals surface area contributed by atoms with Gasteiger partial charge < -0.3 is 4.98 Å². The molecule has 0 radical (unpaired) electrons. The minimum atomic E-state index is -0.231. The molecule has 6 nitrogen and oxygen atoms in total. The van der Waals surface area contributed by atoms with Gasteiger partial charge in [-0.05, 0) is 29.8 Å². The van der Waals surface area contributed by atoms with Crippen molar-refractivity contribution in [2.24, 2.45) is 0 Å². The van der Waals surface area contributed by atoms with Gasteiger partial charge in [-0.3, -0.25) is 9.78 Å². The Labute approximate surface area is 136 Å². The van der Waals surface area contributed by atoms with Crippen LogP contribution in [0.3, 0.4) is 0 Å². The monoisotopic (exact) mass is 313 g/mol. The van der Waals surface area contributed by atoms with Crippen molar-refractivity contribution in [3.8, 4) is 28.6 Å². The number of nitrogens with one attached hydrogen (secondary N) is 1. The minimum Gasteiger partial charge on any atom is -0.339 e. The molecule has 4 rings (SSSR count). The number of fused-ring (bicyclic) bond motifs is 1. The number of nitrogens with zero attached hydrogens (tertiary/aromatic N) is 4. The van der Waals surface area contributed by atoms with Gasteiger partial charge in [0.1, 0.15) is 5.65 Å². The molecule has 1 aromatic carbocycles. The normalized spacial score (nSPS) is 10.6. The fraction of sp³-hybridized carbons (Fsp3) is 0. The van der Waals surface area contributed by atoms with Crippen LogP contribution in [0.15, 0.2) is 65.7 Å². The van der Waals surface area contributed by atoms with Gasteiger partial charge in [-0.2, -0.15) is 14.9 Å². The lowest BCUT2D eigenvalue weighted by Gasteiger charge is -2.04. The summed E-state index contributed by atoms with van der Waals surface area (Å²) in [7, 11) is 0. The van der Waals surface area contributed by atoms with Gasteiger partial charge in [0.25, 0.3) is 5.56 Å². The molecular weight excluding hydrogens is 302 g/mol. The summed E-state index contributed by atoms with van der Waals surface area (Å²) in [6.07, 6.45) is 3.32. The standard InChI is InChI=1S/C18H11N5O/c19-10-12-4-6-13(7-5-12)16-9-17(24)23-18(22-16)14(11-21-23)15-3-1-2-8-20-15/h1-9,11,22H. The van der Waals surface area contributed by atoms with E-state index in [2.05, 4.69) is 21.1 Å². The first-order valence-corrected chi connectivity index (χ1v) is 7.29. The quantitative estimate of drug-likeness (QED) is 0.616. The van der Waals surface area contributed by atoms with Crippen LogP contribution in [0, 0.1) is 11.3 Å². The molecule has 1 N–H and O–H groups in total. The summed E-state index contributed by atoms with van der Waals surface area (Å²) in [5, 5.41) is 13.0. The maximum Gasteiger partial charge on any atom is 0.274 e. The van der Waals surface area contributed by atoms with Crippen molar-refractivity contribution in [2.45, 2.75) is 0 Å². The fourth-order valence-corrected chi connectivity index (χ4v) is 2.57. The Kier molecular flexibility index (Phi) is 3.18. The van der Waals surface area contributed by atoms with Crippen molar-refractivity contribution in [3.63, 3.8) is 0 Å². The van der Waals surface area contributed by atoms with Gasteiger partial charge in [0.05, 0.1) is 34.8 Å². The number of benzene rings is 1. The van der Waals surface area contributed by atoms with Crippen molar-refractivity contribution in [2.75, 3.05) is 0 Å². The van der Waals surface area contributed by atoms with Gasteiger partial charge in [0.2, 0.25) is 0 Å². The van der Waals surface area contributed by atoms with Crippen molar-refractivity contribution >= 4 is 5.65 Å². The summed E-state index contributed by atoms with van der Waals surface area (Å²) in [5.41, 5.74) is 3.89. The first-order chi connectivity index (χ1) is 11.8. The molecule has 0 spiro atoms. The topological polar surface area (TPSA) is 86.8 Å². The summed E-state index contributed by atoms with van der Waals surface area (Å²) < 4.78 is 1.32. The lowest BCUT2D eigenvalue weighted by Crippen LogP contribution is -2.14. The Hall–Kier alpha value is -3.72. The van der Waals surface area contributed by atoms with Gasteiger partial charge in [0.15, 0.2) is 0 Å². The molecule has 0 aliphatic heterocycles. The van der Waals surface area contributed by atoms with Crippen LogP contribution >= 0.6 is 0 Å². The van der Waals surface area contributed by atoms with Gasteiger partial charge in [0, 0.05) is 12.3 Å². The first-order valence-electron chi connectivity index (χ1n) is 7.29. The predicted molar refractivity (Wildman–Crippen MR) is 89.2 cm³/mol. The number of nitriles is 1. The molecule has 0 atom stereocenters. The van der Waals surface area contributed by atoms with E-state index in [1.165, 1.54) is 10.6 Å². The molecule has 114 valence electrons. The van der Waals surface area contributed by atoms with Crippen molar-refractivity contribution in [1.29, 1.82) is 5.26 Å². The van der Waals surface area contributed by atoms with Crippen LogP contribution in [0.25, 0.3) is 28.2 Å². The van der Waals surface area contributed by atoms with Gasteiger partial charge in [-0.25, -0.2) is 0 Å². The van der Waals surface area contributed by atoms with E-state index in [0.717, 1.165) is 16.8 Å². The van der Waals surface area contributed by atoms with Crippen LogP contribution < -0.4 is 5.56 Å². The highest BCUT2D eigenvalue weighted by atomic mass is 16.1. The molecule has 6 heteroatoms. The number of pyridine rings is 1. The van der Waals surface area contributed by atoms with E-state index in [-0.39, 0.29) is 5.56 Å². The summed E-state index contributed by atoms with van der Waals surface area (Å²) >= 11 is 0. The first kappa shape index (κ1) is 13.9. The zero-order valence-corrected chi connectivity index (χ0v) is 12.5. The smallest absolute Gasteiger partial charge is 0.274 e. The van der Waals surface area contributed by atoms with Crippen molar-refractivity contribution < 1.29 is 0 Å². The number of H-pyrrole nitrogens is 1. The number of hydrogen-bond donors (Lipinski definition) is 1. The Bertz CT molecular complexity index is 1120. The van der Waals surface area contributed by atoms with Crippen LogP contribution in [-0.4, -0.2) is 19.6 Å². The van der Waals surface area contributed by atoms with Crippen LogP contribution in [0.2, 0.25) is 0 Å². The van der Waals surface area contributed by atoms with Gasteiger partial charge >= 0.3 is 0 Å². The Morgan fingerprint density at radius 3 is 2.67 bits per heavy atom. The van der Waals surface area contributed by atoms with Crippen LogP contribution in [0.1, 0.15) is 5.56 Å². The third-order valence-corrected chi connectivity index (χ3v) is 3.76. The molecule has 24 heavy (non-hydrogen) atoms. The Balaban J connectivity index is 1.92. The maximum atomic E-state index is 12.3. The average molecular weight is 313 g/mol. The molecule has 3 heterocycles. The highest BCUT2D eigenvalue weighted by Gasteiger charge is 2.12. The molecule has 0 fully saturated rings. The Morgan fingerprint density at radius 2 is 1.96 bits per heavy atom. The molecule has 0 aliphatic rings. The third-order valence-electron chi connectivity index (χ3n) is 3.76. The number of hydrogen-bond acceptors (Lipinski definition) is 4. The van der Waals surface area contributed by atoms with E-state index >= 15 is 0 Å². The van der Waals surface area contributed by atoms with E-state index < -0.39 is 0 Å². The number of aromatic nitrogens is 4. The predicted octanol–water partition coefficient (Wildman–Crippen LogP) is 2.62. The highest BCUT2D eigenvalue weighted by molar-refractivity contribution is 5.76. The molecule has 0 unspecified atom stereocenters. The summed E-state index contributed by atoms with van der Waals surface area (Å²) in [5.74, 6) is 0. The average Bonchev–Trinajstić information content (AvgIpc) is 3.07. The van der Waals surface area contributed by atoms with E-state index in [1.54, 1.807) is 36.7 Å². The fourth-order valence-electron chi connectivity index (χ4n) is 2.57. The van der Waals surface area contributed by atoms with Crippen molar-refractivity contribution in [3.05, 3.63) is 76.8 Å². The largest absolute Gasteiger partial charge is 0.339 e. The van der Waals surface area contributed by atoms with Gasteiger partial charge in [-0.1, -0.05) is 18.2 Å². The zero-order valence-electron chi connectivity index (χ0n) is 12.5. The molecule has 0 aliphatic carbocycles. The summed E-state index contributed by atoms with van der Waals surface area (Å²) in [4.78, 5) is 19.9. The molecule has 0 amide bonds. The maximum absolute atomic E-state index is 12.3. The number of aromatic amines is 1. The molecule has 0 saturated heterocycles. The van der Waals surface area contributed by atoms with Crippen LogP contribution in [0.5, 0.6) is 0 Å². The number of rotatable bonds is 2. The summed E-state index contributed by atoms with van der Waals surface area (Å²) in [6.45, 7) is 0. The lowest BCUT2D eigenvalue weighted by molar-refractivity contribution is 0.901. The van der Waals surface area contributed by atoms with Gasteiger partial charge in [-0.15, -0.1) is 0 Å². The lowest BCUT2D eigenvalue weighted by atomic mass is 10.1. The molecule has 0 saturated carbocycles.